The first-order chi connectivity index (χ1) is 10.8. The zero-order valence-electron chi connectivity index (χ0n) is 13.2. The molecule has 1 aliphatic rings. The van der Waals surface area contributed by atoms with Crippen LogP contribution in [0.2, 0.25) is 0 Å². The summed E-state index contributed by atoms with van der Waals surface area (Å²) in [5.41, 5.74) is 0.631. The van der Waals surface area contributed by atoms with Gasteiger partial charge in [0.25, 0.3) is 5.56 Å². The van der Waals surface area contributed by atoms with Crippen molar-refractivity contribution in [3.8, 4) is 0 Å². The van der Waals surface area contributed by atoms with Crippen molar-refractivity contribution in [1.29, 1.82) is 0 Å². The van der Waals surface area contributed by atoms with Crippen LogP contribution >= 0.6 is 0 Å². The van der Waals surface area contributed by atoms with Gasteiger partial charge >= 0.3 is 0 Å². The van der Waals surface area contributed by atoms with Gasteiger partial charge in [0.2, 0.25) is 10.0 Å². The van der Waals surface area contributed by atoms with Crippen molar-refractivity contribution in [2.45, 2.75) is 19.0 Å². The van der Waals surface area contributed by atoms with Gasteiger partial charge < -0.3 is 0 Å². The molecule has 0 amide bonds. The quantitative estimate of drug-likeness (QED) is 0.853. The fourth-order valence-electron chi connectivity index (χ4n) is 2.98. The van der Waals surface area contributed by atoms with E-state index >= 15 is 0 Å². The lowest BCUT2D eigenvalue weighted by Gasteiger charge is -2.17. The fraction of sp³-hybridized carbons (Fsp3) is 0.467. The molecule has 124 valence electrons. The van der Waals surface area contributed by atoms with Crippen LogP contribution in [0.25, 0.3) is 10.9 Å². The second-order valence-electron chi connectivity index (χ2n) is 6.02. The number of aromatic nitrogens is 2. The molecule has 2 aromatic rings. The molecule has 1 unspecified atom stereocenters. The minimum absolute atomic E-state index is 0.0596. The van der Waals surface area contributed by atoms with Crippen molar-refractivity contribution in [2.75, 3.05) is 19.3 Å². The van der Waals surface area contributed by atoms with Gasteiger partial charge in [-0.05, 0) is 18.6 Å². The number of benzene rings is 1. The van der Waals surface area contributed by atoms with Crippen molar-refractivity contribution in [1.82, 2.24) is 19.2 Å². The first-order valence-electron chi connectivity index (χ1n) is 7.48. The molecule has 1 saturated heterocycles. The number of hydrogen-bond donors (Lipinski definition) is 1. The van der Waals surface area contributed by atoms with Crippen LogP contribution in [0.1, 0.15) is 12.2 Å². The largest absolute Gasteiger partial charge is 0.298 e. The van der Waals surface area contributed by atoms with Gasteiger partial charge in [0.05, 0.1) is 23.7 Å². The summed E-state index contributed by atoms with van der Waals surface area (Å²) in [7, 11) is -1.47. The lowest BCUT2D eigenvalue weighted by atomic mass is 10.2. The van der Waals surface area contributed by atoms with E-state index in [1.54, 1.807) is 17.7 Å². The second kappa shape index (κ2) is 6.03. The summed E-state index contributed by atoms with van der Waals surface area (Å²) in [5.74, 6) is 0.689. The number of para-hydroxylation sites is 1. The van der Waals surface area contributed by atoms with Gasteiger partial charge in [-0.2, -0.15) is 0 Å². The van der Waals surface area contributed by atoms with E-state index in [1.165, 1.54) is 6.26 Å². The molecule has 1 fully saturated rings. The molecule has 0 spiro atoms. The number of nitrogens with one attached hydrogen (secondary N) is 1. The zero-order valence-corrected chi connectivity index (χ0v) is 14.0. The molecule has 23 heavy (non-hydrogen) atoms. The average Bonchev–Trinajstić information content (AvgIpc) is 2.89. The maximum atomic E-state index is 12.4. The van der Waals surface area contributed by atoms with Crippen LogP contribution in [-0.4, -0.2) is 48.3 Å². The Hall–Kier alpha value is -1.77. The first-order valence-corrected chi connectivity index (χ1v) is 9.37. The van der Waals surface area contributed by atoms with Crippen LogP contribution in [-0.2, 0) is 23.6 Å². The third-order valence-electron chi connectivity index (χ3n) is 4.09. The van der Waals surface area contributed by atoms with E-state index in [0.29, 0.717) is 29.8 Å². The van der Waals surface area contributed by atoms with Gasteiger partial charge in [0.15, 0.2) is 0 Å². The lowest BCUT2D eigenvalue weighted by Crippen LogP contribution is -2.36. The Kier molecular flexibility index (Phi) is 4.22. The number of likely N-dealkylation sites (tertiary alicyclic amines) is 1. The van der Waals surface area contributed by atoms with E-state index in [-0.39, 0.29) is 11.6 Å². The molecule has 1 aromatic carbocycles. The molecule has 0 radical (unpaired) electrons. The topological polar surface area (TPSA) is 84.3 Å². The Morgan fingerprint density at radius 1 is 1.35 bits per heavy atom. The molecular weight excluding hydrogens is 316 g/mol. The molecule has 3 rings (SSSR count). The summed E-state index contributed by atoms with van der Waals surface area (Å²) in [6, 6.07) is 7.21. The number of hydrogen-bond acceptors (Lipinski definition) is 5. The summed E-state index contributed by atoms with van der Waals surface area (Å²) in [6.45, 7) is 1.92. The summed E-state index contributed by atoms with van der Waals surface area (Å²) >= 11 is 0. The number of rotatable bonds is 4. The molecule has 1 aromatic heterocycles. The van der Waals surface area contributed by atoms with Gasteiger partial charge in [-0.1, -0.05) is 12.1 Å². The predicted molar refractivity (Wildman–Crippen MR) is 88.6 cm³/mol. The molecule has 8 heteroatoms. The smallest absolute Gasteiger partial charge is 0.261 e. The minimum Gasteiger partial charge on any atom is -0.298 e. The van der Waals surface area contributed by atoms with Gasteiger partial charge in [-0.25, -0.2) is 18.1 Å². The molecule has 2 heterocycles. The van der Waals surface area contributed by atoms with Crippen LogP contribution in [0.3, 0.4) is 0 Å². The molecule has 7 nitrogen and oxygen atoms in total. The van der Waals surface area contributed by atoms with E-state index in [2.05, 4.69) is 14.6 Å². The summed E-state index contributed by atoms with van der Waals surface area (Å²) in [6.07, 6.45) is 1.93. The maximum Gasteiger partial charge on any atom is 0.261 e. The van der Waals surface area contributed by atoms with E-state index in [9.17, 15) is 13.2 Å². The van der Waals surface area contributed by atoms with Crippen LogP contribution in [0.15, 0.2) is 29.1 Å². The van der Waals surface area contributed by atoms with Crippen LogP contribution < -0.4 is 10.3 Å². The van der Waals surface area contributed by atoms with Crippen molar-refractivity contribution in [3.05, 3.63) is 40.4 Å². The maximum absolute atomic E-state index is 12.4. The molecule has 0 saturated carbocycles. The Bertz CT molecular complexity index is 891. The average molecular weight is 336 g/mol. The van der Waals surface area contributed by atoms with Crippen LogP contribution in [0, 0.1) is 0 Å². The summed E-state index contributed by atoms with van der Waals surface area (Å²) in [4.78, 5) is 19.1. The Balaban J connectivity index is 1.80. The number of sulfonamides is 1. The predicted octanol–water partition coefficient (Wildman–Crippen LogP) is 0.0570. The second-order valence-corrected chi connectivity index (χ2v) is 7.80. The van der Waals surface area contributed by atoms with Crippen molar-refractivity contribution in [3.63, 3.8) is 0 Å². The van der Waals surface area contributed by atoms with Gasteiger partial charge in [-0.3, -0.25) is 14.3 Å². The number of nitrogens with zero attached hydrogens (tertiary/aromatic N) is 3. The Labute approximate surface area is 135 Å². The minimum atomic E-state index is -3.20. The third kappa shape index (κ3) is 3.60. The standard InChI is InChI=1S/C15H20N4O3S/c1-18-14(16-13-6-4-3-5-12(13)15(18)20)10-19-8-7-11(9-19)17-23(2,21)22/h3-6,11,17H,7-10H2,1-2H3. The zero-order chi connectivity index (χ0) is 16.6. The van der Waals surface area contributed by atoms with Gasteiger partial charge in [0.1, 0.15) is 5.82 Å². The SMILES string of the molecule is Cn1c(CN2CCC(NS(C)(=O)=O)C2)nc2ccccc2c1=O. The molecule has 1 atom stereocenters. The van der Waals surface area contributed by atoms with Gasteiger partial charge in [0, 0.05) is 26.2 Å². The molecule has 1 N–H and O–H groups in total. The highest BCUT2D eigenvalue weighted by molar-refractivity contribution is 7.88. The monoisotopic (exact) mass is 336 g/mol. The summed E-state index contributed by atoms with van der Waals surface area (Å²) in [5, 5.41) is 0.608. The fourth-order valence-corrected chi connectivity index (χ4v) is 3.78. The highest BCUT2D eigenvalue weighted by Gasteiger charge is 2.25. The summed E-state index contributed by atoms with van der Waals surface area (Å²) < 4.78 is 26.8. The van der Waals surface area contributed by atoms with E-state index in [1.807, 2.05) is 18.2 Å². The first kappa shape index (κ1) is 16.1. The third-order valence-corrected chi connectivity index (χ3v) is 4.86. The van der Waals surface area contributed by atoms with Crippen molar-refractivity contribution in [2.24, 2.45) is 7.05 Å². The van der Waals surface area contributed by atoms with Crippen LogP contribution in [0.5, 0.6) is 0 Å². The Morgan fingerprint density at radius 2 is 2.09 bits per heavy atom. The van der Waals surface area contributed by atoms with E-state index < -0.39 is 10.0 Å². The van der Waals surface area contributed by atoms with E-state index in [0.717, 1.165) is 13.0 Å². The normalized spacial score (nSPS) is 19.5. The van der Waals surface area contributed by atoms with Crippen molar-refractivity contribution < 1.29 is 8.42 Å². The van der Waals surface area contributed by atoms with Gasteiger partial charge in [-0.15, -0.1) is 0 Å². The Morgan fingerprint density at radius 3 is 2.83 bits per heavy atom. The van der Waals surface area contributed by atoms with Crippen LogP contribution in [0.4, 0.5) is 0 Å². The molecule has 0 aliphatic carbocycles. The lowest BCUT2D eigenvalue weighted by molar-refractivity contribution is 0.310. The number of fused-ring (bicyclic) bond motifs is 1. The highest BCUT2D eigenvalue weighted by atomic mass is 32.2. The van der Waals surface area contributed by atoms with Crippen molar-refractivity contribution >= 4 is 20.9 Å². The molecule has 1 aliphatic heterocycles. The molecular formula is C15H20N4O3S. The highest BCUT2D eigenvalue weighted by Crippen LogP contribution is 2.14. The molecule has 0 bridgehead atoms. The van der Waals surface area contributed by atoms with E-state index in [4.69, 9.17) is 0 Å².